The fraction of sp³-hybridized carbons (Fsp3) is 0.417. The Balaban J connectivity index is 2.31. The van der Waals surface area contributed by atoms with Gasteiger partial charge in [0.2, 0.25) is 0 Å². The number of alkyl carbamates (subject to hydrolysis) is 1. The van der Waals surface area contributed by atoms with Crippen molar-refractivity contribution >= 4 is 6.09 Å². The molecule has 0 heterocycles. The fourth-order valence-electron chi connectivity index (χ4n) is 1.25. The molecule has 17 heavy (non-hydrogen) atoms. The molecule has 0 spiro atoms. The summed E-state index contributed by atoms with van der Waals surface area (Å²) in [5, 5.41) is 11.9. The van der Waals surface area contributed by atoms with Crippen molar-refractivity contribution in [1.82, 2.24) is 5.32 Å². The number of nitrogens with one attached hydrogen (secondary N) is 1. The Labute approximate surface area is 101 Å². The maximum absolute atomic E-state index is 11.4. The lowest BCUT2D eigenvalue weighted by molar-refractivity contribution is 0.110. The van der Waals surface area contributed by atoms with E-state index in [0.717, 1.165) is 5.56 Å². The largest absolute Gasteiger partial charge is 0.445 e. The molecule has 1 unspecified atom stereocenters. The van der Waals surface area contributed by atoms with Crippen LogP contribution in [0.15, 0.2) is 30.3 Å². The molecule has 0 bridgehead atoms. The van der Waals surface area contributed by atoms with Crippen molar-refractivity contribution in [2.45, 2.75) is 25.7 Å². The molecule has 5 heteroatoms. The second-order valence-electron chi connectivity index (χ2n) is 3.80. The quantitative estimate of drug-likeness (QED) is 0.702. The topological polar surface area (TPSA) is 84.6 Å². The van der Waals surface area contributed by atoms with E-state index in [9.17, 15) is 9.90 Å². The Hall–Kier alpha value is -1.59. The monoisotopic (exact) mass is 238 g/mol. The third kappa shape index (κ3) is 4.84. The number of aliphatic hydroxyl groups is 1. The van der Waals surface area contributed by atoms with Gasteiger partial charge in [-0.25, -0.2) is 4.79 Å². The summed E-state index contributed by atoms with van der Waals surface area (Å²) >= 11 is 0. The summed E-state index contributed by atoms with van der Waals surface area (Å²) in [5.41, 5.74) is 6.18. The summed E-state index contributed by atoms with van der Waals surface area (Å²) in [7, 11) is 0. The number of hydrogen-bond donors (Lipinski definition) is 3. The van der Waals surface area contributed by atoms with Crippen LogP contribution in [-0.2, 0) is 11.3 Å². The number of ether oxygens (including phenoxy) is 1. The first-order valence-corrected chi connectivity index (χ1v) is 5.49. The summed E-state index contributed by atoms with van der Waals surface area (Å²) in [6, 6.07) is 8.94. The molecule has 94 valence electrons. The highest BCUT2D eigenvalue weighted by molar-refractivity contribution is 5.67. The van der Waals surface area contributed by atoms with E-state index in [0.29, 0.717) is 0 Å². The number of aliphatic hydroxyl groups excluding tert-OH is 1. The van der Waals surface area contributed by atoms with Gasteiger partial charge < -0.3 is 20.9 Å². The van der Waals surface area contributed by atoms with Crippen LogP contribution in [0.2, 0.25) is 0 Å². The second kappa shape index (κ2) is 6.88. The third-order valence-corrected chi connectivity index (χ3v) is 2.38. The van der Waals surface area contributed by atoms with Crippen molar-refractivity contribution in [3.05, 3.63) is 35.9 Å². The van der Waals surface area contributed by atoms with Crippen LogP contribution in [0.25, 0.3) is 0 Å². The molecule has 1 rings (SSSR count). The number of carbonyl (C=O) groups excluding carboxylic acids is 1. The molecule has 0 fully saturated rings. The van der Waals surface area contributed by atoms with E-state index < -0.39 is 18.2 Å². The van der Waals surface area contributed by atoms with Crippen LogP contribution in [0.3, 0.4) is 0 Å². The molecular formula is C12H18N2O3. The van der Waals surface area contributed by atoms with Gasteiger partial charge in [0.05, 0.1) is 12.1 Å². The van der Waals surface area contributed by atoms with Gasteiger partial charge in [-0.3, -0.25) is 0 Å². The van der Waals surface area contributed by atoms with Crippen molar-refractivity contribution in [1.29, 1.82) is 0 Å². The van der Waals surface area contributed by atoms with E-state index in [1.54, 1.807) is 6.92 Å². The van der Waals surface area contributed by atoms with Crippen molar-refractivity contribution in [3.63, 3.8) is 0 Å². The fourth-order valence-corrected chi connectivity index (χ4v) is 1.25. The van der Waals surface area contributed by atoms with Crippen LogP contribution >= 0.6 is 0 Å². The van der Waals surface area contributed by atoms with E-state index >= 15 is 0 Å². The van der Waals surface area contributed by atoms with Crippen molar-refractivity contribution in [2.75, 3.05) is 6.54 Å². The molecular weight excluding hydrogens is 220 g/mol. The van der Waals surface area contributed by atoms with Crippen LogP contribution in [0.1, 0.15) is 12.5 Å². The Morgan fingerprint density at radius 1 is 1.47 bits per heavy atom. The van der Waals surface area contributed by atoms with Crippen LogP contribution < -0.4 is 11.1 Å². The molecule has 1 amide bonds. The van der Waals surface area contributed by atoms with Crippen LogP contribution in [0.4, 0.5) is 4.79 Å². The summed E-state index contributed by atoms with van der Waals surface area (Å²) in [6.07, 6.45) is -1.33. The summed E-state index contributed by atoms with van der Waals surface area (Å²) in [4.78, 5) is 11.4. The molecule has 0 aliphatic carbocycles. The van der Waals surface area contributed by atoms with Gasteiger partial charge in [-0.05, 0) is 12.5 Å². The normalized spacial score (nSPS) is 13.8. The van der Waals surface area contributed by atoms with Gasteiger partial charge in [-0.15, -0.1) is 0 Å². The SMILES string of the molecule is C[C@H](NC(=O)OCc1ccccc1)C(O)CN. The van der Waals surface area contributed by atoms with Crippen LogP contribution in [0, 0.1) is 0 Å². The summed E-state index contributed by atoms with van der Waals surface area (Å²) in [5.74, 6) is 0. The Morgan fingerprint density at radius 3 is 2.71 bits per heavy atom. The minimum absolute atomic E-state index is 0.0974. The lowest BCUT2D eigenvalue weighted by atomic mass is 10.2. The first kappa shape index (κ1) is 13.5. The molecule has 0 saturated carbocycles. The summed E-state index contributed by atoms with van der Waals surface area (Å²) < 4.78 is 4.99. The lowest BCUT2D eigenvalue weighted by Gasteiger charge is -2.18. The molecule has 4 N–H and O–H groups in total. The molecule has 1 aromatic carbocycles. The Morgan fingerprint density at radius 2 is 2.12 bits per heavy atom. The van der Waals surface area contributed by atoms with E-state index in [1.165, 1.54) is 0 Å². The molecule has 0 aromatic heterocycles. The number of benzene rings is 1. The highest BCUT2D eigenvalue weighted by atomic mass is 16.5. The van der Waals surface area contributed by atoms with Gasteiger partial charge in [0.15, 0.2) is 0 Å². The minimum atomic E-state index is -0.765. The number of amides is 1. The second-order valence-corrected chi connectivity index (χ2v) is 3.80. The zero-order chi connectivity index (χ0) is 12.7. The first-order valence-electron chi connectivity index (χ1n) is 5.49. The molecule has 0 aliphatic heterocycles. The lowest BCUT2D eigenvalue weighted by Crippen LogP contribution is -2.44. The van der Waals surface area contributed by atoms with Gasteiger partial charge in [-0.1, -0.05) is 30.3 Å². The van der Waals surface area contributed by atoms with Crippen LogP contribution in [0.5, 0.6) is 0 Å². The van der Waals surface area contributed by atoms with E-state index in [-0.39, 0.29) is 13.2 Å². The van der Waals surface area contributed by atoms with Gasteiger partial charge in [0.25, 0.3) is 0 Å². The van der Waals surface area contributed by atoms with Crippen molar-refractivity contribution in [3.8, 4) is 0 Å². The van der Waals surface area contributed by atoms with Gasteiger partial charge in [0, 0.05) is 6.54 Å². The summed E-state index contributed by atoms with van der Waals surface area (Å²) in [6.45, 7) is 1.97. The molecule has 5 nitrogen and oxygen atoms in total. The first-order chi connectivity index (χ1) is 8.13. The predicted molar refractivity (Wildman–Crippen MR) is 64.3 cm³/mol. The maximum atomic E-state index is 11.4. The van der Waals surface area contributed by atoms with Gasteiger partial charge in [-0.2, -0.15) is 0 Å². The molecule has 0 aliphatic rings. The molecule has 0 saturated heterocycles. The van der Waals surface area contributed by atoms with E-state index in [1.807, 2.05) is 30.3 Å². The minimum Gasteiger partial charge on any atom is -0.445 e. The highest BCUT2D eigenvalue weighted by Gasteiger charge is 2.15. The zero-order valence-corrected chi connectivity index (χ0v) is 9.80. The molecule has 1 aromatic rings. The zero-order valence-electron chi connectivity index (χ0n) is 9.80. The Kier molecular flexibility index (Phi) is 5.45. The average molecular weight is 238 g/mol. The van der Waals surface area contributed by atoms with E-state index in [2.05, 4.69) is 5.32 Å². The standard InChI is InChI=1S/C12H18N2O3/c1-9(11(15)7-13)14-12(16)17-8-10-5-3-2-4-6-10/h2-6,9,11,15H,7-8,13H2,1H3,(H,14,16)/t9-,11?/m0/s1. The smallest absolute Gasteiger partial charge is 0.407 e. The Bertz CT molecular complexity index is 343. The molecule has 2 atom stereocenters. The van der Waals surface area contributed by atoms with Crippen molar-refractivity contribution in [2.24, 2.45) is 5.73 Å². The highest BCUT2D eigenvalue weighted by Crippen LogP contribution is 2.01. The van der Waals surface area contributed by atoms with Gasteiger partial charge >= 0.3 is 6.09 Å². The predicted octanol–water partition coefficient (Wildman–Crippen LogP) is 0.621. The number of nitrogens with two attached hydrogens (primary N) is 1. The average Bonchev–Trinajstić information content (AvgIpc) is 2.36. The van der Waals surface area contributed by atoms with E-state index in [4.69, 9.17) is 10.5 Å². The van der Waals surface area contributed by atoms with Crippen molar-refractivity contribution < 1.29 is 14.6 Å². The van der Waals surface area contributed by atoms with Crippen LogP contribution in [-0.4, -0.2) is 29.9 Å². The number of carbonyl (C=O) groups is 1. The van der Waals surface area contributed by atoms with Gasteiger partial charge in [0.1, 0.15) is 6.61 Å². The number of rotatable bonds is 5. The number of hydrogen-bond acceptors (Lipinski definition) is 4. The molecule has 0 radical (unpaired) electrons. The maximum Gasteiger partial charge on any atom is 0.407 e. The third-order valence-electron chi connectivity index (χ3n) is 2.38.